The van der Waals surface area contributed by atoms with E-state index in [1.165, 1.54) is 10.4 Å². The molecule has 0 bridgehead atoms. The molecule has 4 nitrogen and oxygen atoms in total. The van der Waals surface area contributed by atoms with Crippen molar-refractivity contribution in [3.63, 3.8) is 0 Å². The molecule has 1 aliphatic rings. The van der Waals surface area contributed by atoms with Crippen LogP contribution in [0.3, 0.4) is 0 Å². The first kappa shape index (κ1) is 17.0. The van der Waals surface area contributed by atoms with Gasteiger partial charge >= 0.3 is 0 Å². The summed E-state index contributed by atoms with van der Waals surface area (Å²) in [6.07, 6.45) is 3.28. The Kier molecular flexibility index (Phi) is 5.91. The summed E-state index contributed by atoms with van der Waals surface area (Å²) >= 11 is 12.0. The second-order valence-electron chi connectivity index (χ2n) is 5.15. The molecule has 1 aromatic rings. The molecule has 0 saturated carbocycles. The van der Waals surface area contributed by atoms with Gasteiger partial charge in [-0.15, -0.1) is 0 Å². The van der Waals surface area contributed by atoms with Gasteiger partial charge in [-0.05, 0) is 31.5 Å². The highest BCUT2D eigenvalue weighted by atomic mass is 35.5. The van der Waals surface area contributed by atoms with E-state index in [-0.39, 0.29) is 21.0 Å². The zero-order chi connectivity index (χ0) is 15.5. The summed E-state index contributed by atoms with van der Waals surface area (Å²) < 4.78 is 27.0. The molecule has 1 aromatic carbocycles. The average Bonchev–Trinajstić information content (AvgIpc) is 2.48. The maximum Gasteiger partial charge on any atom is 0.244 e. The van der Waals surface area contributed by atoms with Crippen molar-refractivity contribution in [3.05, 3.63) is 28.2 Å². The van der Waals surface area contributed by atoms with Crippen LogP contribution in [-0.4, -0.2) is 38.4 Å². The lowest BCUT2D eigenvalue weighted by Gasteiger charge is -2.29. The fraction of sp³-hybridized carbons (Fsp3) is 0.571. The Balaban J connectivity index is 2.24. The molecule has 1 unspecified atom stereocenters. The van der Waals surface area contributed by atoms with E-state index >= 15 is 0 Å². The van der Waals surface area contributed by atoms with Gasteiger partial charge in [-0.3, -0.25) is 0 Å². The van der Waals surface area contributed by atoms with Gasteiger partial charge in [0.2, 0.25) is 10.0 Å². The summed E-state index contributed by atoms with van der Waals surface area (Å²) in [5.41, 5.74) is 0. The molecule has 1 atom stereocenters. The third-order valence-electron chi connectivity index (χ3n) is 3.72. The molecule has 1 N–H and O–H groups in total. The molecule has 0 aromatic heterocycles. The summed E-state index contributed by atoms with van der Waals surface area (Å²) in [6, 6.07) is 4.89. The van der Waals surface area contributed by atoms with Crippen LogP contribution >= 0.6 is 23.2 Å². The number of benzene rings is 1. The van der Waals surface area contributed by atoms with Gasteiger partial charge < -0.3 is 5.32 Å². The molecule has 0 amide bonds. The maximum atomic E-state index is 12.8. The second-order valence-corrected chi connectivity index (χ2v) is 7.85. The molecule has 1 aliphatic heterocycles. The molecule has 0 aliphatic carbocycles. The quantitative estimate of drug-likeness (QED) is 0.887. The second kappa shape index (κ2) is 7.29. The molecule has 0 radical (unpaired) electrons. The number of nitrogens with one attached hydrogen (secondary N) is 1. The molecule has 118 valence electrons. The normalized spacial score (nSPS) is 19.9. The van der Waals surface area contributed by atoms with Gasteiger partial charge in [-0.2, -0.15) is 4.31 Å². The Labute approximate surface area is 136 Å². The summed E-state index contributed by atoms with van der Waals surface area (Å²) in [5, 5.41) is 3.71. The highest BCUT2D eigenvalue weighted by molar-refractivity contribution is 7.89. The van der Waals surface area contributed by atoms with Crippen molar-refractivity contribution in [2.45, 2.75) is 37.1 Å². The van der Waals surface area contributed by atoms with Gasteiger partial charge in [0, 0.05) is 19.1 Å². The lowest BCUT2D eigenvalue weighted by atomic mass is 10.1. The highest BCUT2D eigenvalue weighted by Crippen LogP contribution is 2.31. The van der Waals surface area contributed by atoms with E-state index in [4.69, 9.17) is 23.2 Å². The van der Waals surface area contributed by atoms with Crippen molar-refractivity contribution < 1.29 is 8.42 Å². The Hall–Kier alpha value is -0.330. The maximum absolute atomic E-state index is 12.8. The summed E-state index contributed by atoms with van der Waals surface area (Å²) in [5.74, 6) is 0. The molecule has 21 heavy (non-hydrogen) atoms. The lowest BCUT2D eigenvalue weighted by Crippen LogP contribution is -2.45. The smallest absolute Gasteiger partial charge is 0.244 e. The Morgan fingerprint density at radius 3 is 2.71 bits per heavy atom. The van der Waals surface area contributed by atoms with E-state index in [0.29, 0.717) is 13.1 Å². The first-order valence-corrected chi connectivity index (χ1v) is 9.34. The number of piperidine rings is 1. The van der Waals surface area contributed by atoms with Crippen LogP contribution in [0.15, 0.2) is 23.1 Å². The summed E-state index contributed by atoms with van der Waals surface area (Å²) in [6.45, 7) is 3.64. The number of rotatable bonds is 5. The van der Waals surface area contributed by atoms with Crippen molar-refractivity contribution in [1.29, 1.82) is 0 Å². The molecule has 7 heteroatoms. The highest BCUT2D eigenvalue weighted by Gasteiger charge is 2.28. The van der Waals surface area contributed by atoms with Crippen LogP contribution in [0, 0.1) is 0 Å². The SMILES string of the molecule is CCN(CC1CCCCN1)S(=O)(=O)c1cccc(Cl)c1Cl. The zero-order valence-electron chi connectivity index (χ0n) is 12.0. The molecule has 0 spiro atoms. The first-order valence-electron chi connectivity index (χ1n) is 7.14. The fourth-order valence-electron chi connectivity index (χ4n) is 2.55. The van der Waals surface area contributed by atoms with Crippen molar-refractivity contribution in [2.75, 3.05) is 19.6 Å². The van der Waals surface area contributed by atoms with Crippen LogP contribution < -0.4 is 5.32 Å². The predicted octanol–water partition coefficient (Wildman–Crippen LogP) is 3.15. The van der Waals surface area contributed by atoms with Gasteiger partial charge in [0.1, 0.15) is 4.90 Å². The Bertz CT molecular complexity index is 587. The minimum absolute atomic E-state index is 0.0781. The molecular formula is C14H20Cl2N2O2S. The number of likely N-dealkylation sites (N-methyl/N-ethyl adjacent to an activating group) is 1. The molecular weight excluding hydrogens is 331 g/mol. The van der Waals surface area contributed by atoms with Gasteiger partial charge in [0.05, 0.1) is 10.0 Å². The van der Waals surface area contributed by atoms with Crippen LogP contribution in [0.4, 0.5) is 0 Å². The third-order valence-corrected chi connectivity index (χ3v) is 6.64. The zero-order valence-corrected chi connectivity index (χ0v) is 14.3. The largest absolute Gasteiger partial charge is 0.313 e. The van der Waals surface area contributed by atoms with E-state index in [1.54, 1.807) is 12.1 Å². The minimum Gasteiger partial charge on any atom is -0.313 e. The Morgan fingerprint density at radius 1 is 1.33 bits per heavy atom. The van der Waals surface area contributed by atoms with E-state index in [2.05, 4.69) is 5.32 Å². The van der Waals surface area contributed by atoms with E-state index in [1.807, 2.05) is 6.92 Å². The number of halogens is 2. The van der Waals surface area contributed by atoms with Crippen molar-refractivity contribution in [3.8, 4) is 0 Å². The van der Waals surface area contributed by atoms with Crippen LogP contribution in [0.2, 0.25) is 10.0 Å². The van der Waals surface area contributed by atoms with Crippen LogP contribution in [0.1, 0.15) is 26.2 Å². The van der Waals surface area contributed by atoms with Crippen molar-refractivity contribution in [1.82, 2.24) is 9.62 Å². The lowest BCUT2D eigenvalue weighted by molar-refractivity contribution is 0.319. The number of nitrogens with zero attached hydrogens (tertiary/aromatic N) is 1. The van der Waals surface area contributed by atoms with Crippen LogP contribution in [0.5, 0.6) is 0 Å². The van der Waals surface area contributed by atoms with Crippen LogP contribution in [-0.2, 0) is 10.0 Å². The molecule has 1 fully saturated rings. The van der Waals surface area contributed by atoms with E-state index < -0.39 is 10.0 Å². The van der Waals surface area contributed by atoms with Gasteiger partial charge in [-0.25, -0.2) is 8.42 Å². The van der Waals surface area contributed by atoms with Gasteiger partial charge in [0.15, 0.2) is 0 Å². The molecule has 2 rings (SSSR count). The van der Waals surface area contributed by atoms with Gasteiger partial charge in [-0.1, -0.05) is 42.6 Å². The van der Waals surface area contributed by atoms with E-state index in [9.17, 15) is 8.42 Å². The first-order chi connectivity index (χ1) is 9.96. The third kappa shape index (κ3) is 3.90. The van der Waals surface area contributed by atoms with Crippen LogP contribution in [0.25, 0.3) is 0 Å². The monoisotopic (exact) mass is 350 g/mol. The number of sulfonamides is 1. The van der Waals surface area contributed by atoms with Crippen molar-refractivity contribution >= 4 is 33.2 Å². The topological polar surface area (TPSA) is 49.4 Å². The van der Waals surface area contributed by atoms with Gasteiger partial charge in [0.25, 0.3) is 0 Å². The van der Waals surface area contributed by atoms with Crippen molar-refractivity contribution in [2.24, 2.45) is 0 Å². The number of hydrogen-bond donors (Lipinski definition) is 1. The fourth-order valence-corrected chi connectivity index (χ4v) is 4.78. The number of hydrogen-bond acceptors (Lipinski definition) is 3. The summed E-state index contributed by atoms with van der Waals surface area (Å²) in [4.78, 5) is 0.0781. The summed E-state index contributed by atoms with van der Waals surface area (Å²) in [7, 11) is -3.63. The Morgan fingerprint density at radius 2 is 2.10 bits per heavy atom. The van der Waals surface area contributed by atoms with E-state index in [0.717, 1.165) is 25.8 Å². The predicted molar refractivity (Wildman–Crippen MR) is 86.5 cm³/mol. The minimum atomic E-state index is -3.63. The average molecular weight is 351 g/mol. The molecule has 1 saturated heterocycles. The standard InChI is InChI=1S/C14H20Cl2N2O2S/c1-2-18(10-11-6-3-4-9-17-11)21(19,20)13-8-5-7-12(15)14(13)16/h5,7-8,11,17H,2-4,6,9-10H2,1H3. The molecule has 1 heterocycles.